The van der Waals surface area contributed by atoms with Crippen LogP contribution in [0.2, 0.25) is 0 Å². The zero-order valence-corrected chi connectivity index (χ0v) is 12.2. The number of carbonyl (C=O) groups is 2. The van der Waals surface area contributed by atoms with E-state index in [9.17, 15) is 14.7 Å². The minimum atomic E-state index is -0.928. The molecule has 2 heterocycles. The topological polar surface area (TPSA) is 60.9 Å². The average Bonchev–Trinajstić information content (AvgIpc) is 2.73. The van der Waals surface area contributed by atoms with Gasteiger partial charge in [0.15, 0.2) is 0 Å². The van der Waals surface area contributed by atoms with Gasteiger partial charge in [-0.2, -0.15) is 0 Å². The van der Waals surface area contributed by atoms with Gasteiger partial charge in [0.05, 0.1) is 5.41 Å². The number of likely N-dealkylation sites (tertiary alicyclic amines) is 2. The van der Waals surface area contributed by atoms with Crippen molar-refractivity contribution in [1.82, 2.24) is 9.80 Å². The van der Waals surface area contributed by atoms with Crippen molar-refractivity contribution >= 4 is 12.0 Å². The number of likely N-dealkylation sites (N-methyl/N-ethyl adjacent to an activating group) is 1. The van der Waals surface area contributed by atoms with Crippen molar-refractivity contribution in [2.45, 2.75) is 18.8 Å². The summed E-state index contributed by atoms with van der Waals surface area (Å²) in [5, 5.41) is 9.29. The molecule has 1 aromatic rings. The standard InChI is InChI=1S/C16H20N2O3/c1-17-10-13(12-6-3-2-4-7-12)16(14(17)19)8-5-9-18(11-16)15(20)21/h2-4,6-7,13H,5,8-11H2,1H3,(H,20,21)/t13-,16-/m1/s1. The zero-order valence-electron chi connectivity index (χ0n) is 12.2. The second kappa shape index (κ2) is 5.06. The van der Waals surface area contributed by atoms with E-state index in [2.05, 4.69) is 0 Å². The molecule has 1 aromatic carbocycles. The molecule has 1 spiro atoms. The third-order valence-electron chi connectivity index (χ3n) is 4.89. The average molecular weight is 288 g/mol. The molecule has 0 saturated carbocycles. The largest absolute Gasteiger partial charge is 0.465 e. The summed E-state index contributed by atoms with van der Waals surface area (Å²) in [4.78, 5) is 27.2. The Balaban J connectivity index is 1.99. The van der Waals surface area contributed by atoms with Crippen LogP contribution in [0.3, 0.4) is 0 Å². The Hall–Kier alpha value is -2.04. The highest BCUT2D eigenvalue weighted by molar-refractivity contribution is 5.87. The molecule has 0 bridgehead atoms. The van der Waals surface area contributed by atoms with Gasteiger partial charge in [-0.05, 0) is 18.4 Å². The molecule has 2 fully saturated rings. The highest BCUT2D eigenvalue weighted by atomic mass is 16.4. The van der Waals surface area contributed by atoms with Crippen LogP contribution in [-0.4, -0.2) is 53.6 Å². The molecule has 0 unspecified atom stereocenters. The minimum Gasteiger partial charge on any atom is -0.465 e. The number of carbonyl (C=O) groups excluding carboxylic acids is 1. The highest BCUT2D eigenvalue weighted by Crippen LogP contribution is 2.48. The number of piperidine rings is 1. The van der Waals surface area contributed by atoms with E-state index in [1.54, 1.807) is 4.90 Å². The lowest BCUT2D eigenvalue weighted by molar-refractivity contribution is -0.137. The predicted molar refractivity (Wildman–Crippen MR) is 78.1 cm³/mol. The van der Waals surface area contributed by atoms with Gasteiger partial charge < -0.3 is 14.9 Å². The van der Waals surface area contributed by atoms with Crippen LogP contribution in [0, 0.1) is 5.41 Å². The SMILES string of the molecule is CN1C[C@H](c2ccccc2)[C@]2(CCCN(C(=O)O)C2)C1=O. The van der Waals surface area contributed by atoms with Gasteiger partial charge in [-0.3, -0.25) is 4.79 Å². The number of benzene rings is 1. The molecule has 2 aliphatic heterocycles. The van der Waals surface area contributed by atoms with Crippen LogP contribution in [0.4, 0.5) is 4.79 Å². The number of hydrogen-bond donors (Lipinski definition) is 1. The number of rotatable bonds is 1. The molecule has 21 heavy (non-hydrogen) atoms. The van der Waals surface area contributed by atoms with Crippen LogP contribution in [0.15, 0.2) is 30.3 Å². The molecule has 2 atom stereocenters. The maximum atomic E-state index is 12.7. The quantitative estimate of drug-likeness (QED) is 0.860. The Morgan fingerprint density at radius 2 is 2.05 bits per heavy atom. The predicted octanol–water partition coefficient (Wildman–Crippen LogP) is 2.00. The molecule has 2 aliphatic rings. The molecule has 1 N–H and O–H groups in total. The second-order valence-electron chi connectivity index (χ2n) is 6.11. The Kier molecular flexibility index (Phi) is 3.35. The number of carboxylic acid groups (broad SMARTS) is 1. The first-order valence-electron chi connectivity index (χ1n) is 7.33. The van der Waals surface area contributed by atoms with E-state index in [1.807, 2.05) is 37.4 Å². The van der Waals surface area contributed by atoms with Gasteiger partial charge in [0.25, 0.3) is 0 Å². The number of hydrogen-bond acceptors (Lipinski definition) is 2. The summed E-state index contributed by atoms with van der Waals surface area (Å²) in [6, 6.07) is 9.99. The fourth-order valence-corrected chi connectivity index (χ4v) is 3.88. The van der Waals surface area contributed by atoms with Crippen molar-refractivity contribution in [2.24, 2.45) is 5.41 Å². The normalized spacial score (nSPS) is 29.2. The minimum absolute atomic E-state index is 0.0679. The van der Waals surface area contributed by atoms with Crippen LogP contribution >= 0.6 is 0 Å². The van der Waals surface area contributed by atoms with Gasteiger partial charge in [0.1, 0.15) is 0 Å². The Bertz CT molecular complexity index is 560. The smallest absolute Gasteiger partial charge is 0.407 e. The summed E-state index contributed by atoms with van der Waals surface area (Å²) in [6.07, 6.45) is 0.581. The van der Waals surface area contributed by atoms with E-state index >= 15 is 0 Å². The Labute approximate surface area is 124 Å². The Morgan fingerprint density at radius 3 is 2.71 bits per heavy atom. The fraction of sp³-hybridized carbons (Fsp3) is 0.500. The molecule has 2 saturated heterocycles. The first-order valence-corrected chi connectivity index (χ1v) is 7.33. The van der Waals surface area contributed by atoms with Crippen LogP contribution < -0.4 is 0 Å². The number of nitrogens with zero attached hydrogens (tertiary/aromatic N) is 2. The van der Waals surface area contributed by atoms with Gasteiger partial charge in [0.2, 0.25) is 5.91 Å². The maximum Gasteiger partial charge on any atom is 0.407 e. The molecule has 5 nitrogen and oxygen atoms in total. The lowest BCUT2D eigenvalue weighted by Gasteiger charge is -2.41. The molecule has 5 heteroatoms. The molecule has 2 amide bonds. The van der Waals surface area contributed by atoms with Gasteiger partial charge in [0, 0.05) is 32.6 Å². The first kappa shape index (κ1) is 13.9. The third-order valence-corrected chi connectivity index (χ3v) is 4.89. The van der Waals surface area contributed by atoms with Gasteiger partial charge in [-0.1, -0.05) is 30.3 Å². The summed E-state index contributed by atoms with van der Waals surface area (Å²) >= 11 is 0. The number of amides is 2. The second-order valence-corrected chi connectivity index (χ2v) is 6.11. The molecule has 0 aliphatic carbocycles. The van der Waals surface area contributed by atoms with Crippen LogP contribution in [0.5, 0.6) is 0 Å². The van der Waals surface area contributed by atoms with Crippen molar-refractivity contribution < 1.29 is 14.7 Å². The van der Waals surface area contributed by atoms with E-state index in [-0.39, 0.29) is 11.8 Å². The third kappa shape index (κ3) is 2.17. The van der Waals surface area contributed by atoms with Gasteiger partial charge >= 0.3 is 6.09 Å². The van der Waals surface area contributed by atoms with Crippen molar-refractivity contribution in [2.75, 3.05) is 26.7 Å². The summed E-state index contributed by atoms with van der Waals surface area (Å²) in [5.41, 5.74) is 0.537. The lowest BCUT2D eigenvalue weighted by atomic mass is 9.69. The van der Waals surface area contributed by atoms with Crippen molar-refractivity contribution in [3.05, 3.63) is 35.9 Å². The summed E-state index contributed by atoms with van der Waals surface area (Å²) in [5.74, 6) is 0.153. The molecular weight excluding hydrogens is 268 g/mol. The molecule has 0 aromatic heterocycles. The Morgan fingerprint density at radius 1 is 1.33 bits per heavy atom. The molecule has 112 valence electrons. The van der Waals surface area contributed by atoms with Gasteiger partial charge in [-0.15, -0.1) is 0 Å². The van der Waals surface area contributed by atoms with Crippen molar-refractivity contribution in [3.8, 4) is 0 Å². The summed E-state index contributed by atoms with van der Waals surface area (Å²) < 4.78 is 0. The van der Waals surface area contributed by atoms with Crippen LogP contribution in [-0.2, 0) is 4.79 Å². The van der Waals surface area contributed by atoms with E-state index in [1.165, 1.54) is 4.90 Å². The fourth-order valence-electron chi connectivity index (χ4n) is 3.88. The summed E-state index contributed by atoms with van der Waals surface area (Å²) in [6.45, 7) is 1.50. The highest BCUT2D eigenvalue weighted by Gasteiger charge is 2.55. The molecular formula is C16H20N2O3. The van der Waals surface area contributed by atoms with Crippen LogP contribution in [0.1, 0.15) is 24.3 Å². The van der Waals surface area contributed by atoms with E-state index in [0.717, 1.165) is 18.4 Å². The molecule has 3 rings (SSSR count). The van der Waals surface area contributed by atoms with E-state index in [0.29, 0.717) is 19.6 Å². The van der Waals surface area contributed by atoms with Crippen molar-refractivity contribution in [1.29, 1.82) is 0 Å². The van der Waals surface area contributed by atoms with Crippen molar-refractivity contribution in [3.63, 3.8) is 0 Å². The van der Waals surface area contributed by atoms with Gasteiger partial charge in [-0.25, -0.2) is 4.79 Å². The molecule has 0 radical (unpaired) electrons. The van der Waals surface area contributed by atoms with Crippen LogP contribution in [0.25, 0.3) is 0 Å². The summed E-state index contributed by atoms with van der Waals surface area (Å²) in [7, 11) is 1.81. The lowest BCUT2D eigenvalue weighted by Crippen LogP contribution is -2.51. The monoisotopic (exact) mass is 288 g/mol. The van der Waals surface area contributed by atoms with E-state index < -0.39 is 11.5 Å². The van der Waals surface area contributed by atoms with E-state index in [4.69, 9.17) is 0 Å². The first-order chi connectivity index (χ1) is 10.0. The zero-order chi connectivity index (χ0) is 15.0. The maximum absolute atomic E-state index is 12.7.